The number of anilines is 2. The van der Waals surface area contributed by atoms with E-state index in [0.717, 1.165) is 49.5 Å². The van der Waals surface area contributed by atoms with Gasteiger partial charge in [0.25, 0.3) is 10.0 Å². The highest BCUT2D eigenvalue weighted by Crippen LogP contribution is 2.32. The van der Waals surface area contributed by atoms with E-state index < -0.39 is 10.0 Å². The zero-order chi connectivity index (χ0) is 27.7. The van der Waals surface area contributed by atoms with Gasteiger partial charge >= 0.3 is 0 Å². The first-order valence-electron chi connectivity index (χ1n) is 13.0. The fourth-order valence-corrected chi connectivity index (χ4v) is 5.94. The molecule has 1 aliphatic heterocycles. The Bertz CT molecular complexity index is 1390. The van der Waals surface area contributed by atoms with Gasteiger partial charge < -0.3 is 19.5 Å². The van der Waals surface area contributed by atoms with Crippen molar-refractivity contribution >= 4 is 38.3 Å². The third-order valence-electron chi connectivity index (χ3n) is 6.80. The number of aromatic nitrogens is 2. The summed E-state index contributed by atoms with van der Waals surface area (Å²) in [7, 11) is 1.35. The first-order valence-corrected chi connectivity index (χ1v) is 14.4. The summed E-state index contributed by atoms with van der Waals surface area (Å²) in [4.78, 5) is 18.9. The largest absolute Gasteiger partial charge is 0.381 e. The van der Waals surface area contributed by atoms with Gasteiger partial charge in [-0.2, -0.15) is 0 Å². The van der Waals surface area contributed by atoms with E-state index >= 15 is 0 Å². The van der Waals surface area contributed by atoms with Crippen molar-refractivity contribution in [3.63, 3.8) is 0 Å². The Morgan fingerprint density at radius 3 is 2.34 bits per heavy atom. The molecule has 2 aromatic carbocycles. The molecule has 1 aromatic heterocycles. The van der Waals surface area contributed by atoms with Crippen LogP contribution in [0, 0.1) is 5.92 Å². The van der Waals surface area contributed by atoms with Crippen LogP contribution in [0.2, 0.25) is 0 Å². The molecule has 1 fully saturated rings. The summed E-state index contributed by atoms with van der Waals surface area (Å²) in [6.45, 7) is 9.15. The molecule has 0 radical (unpaired) electrons. The molecule has 0 bridgehead atoms. The van der Waals surface area contributed by atoms with Gasteiger partial charge in [0.1, 0.15) is 5.82 Å². The molecular formula is C28H39N5O4S. The normalized spacial score (nSPS) is 15.2. The summed E-state index contributed by atoms with van der Waals surface area (Å²) in [6, 6.07) is 11.9. The lowest BCUT2D eigenvalue weighted by molar-refractivity contribution is -0.116. The number of carbonyl (C=O) groups is 1. The van der Waals surface area contributed by atoms with Crippen LogP contribution in [0.15, 0.2) is 47.4 Å². The lowest BCUT2D eigenvalue weighted by atomic mass is 9.94. The van der Waals surface area contributed by atoms with Crippen molar-refractivity contribution in [2.75, 3.05) is 50.5 Å². The Hall–Kier alpha value is -2.95. The van der Waals surface area contributed by atoms with Gasteiger partial charge in [0.2, 0.25) is 5.91 Å². The van der Waals surface area contributed by atoms with Crippen LogP contribution < -0.4 is 9.62 Å². The van der Waals surface area contributed by atoms with Gasteiger partial charge in [-0.3, -0.25) is 9.10 Å². The van der Waals surface area contributed by atoms with Crippen molar-refractivity contribution in [3.05, 3.63) is 48.3 Å². The highest BCUT2D eigenvalue weighted by molar-refractivity contribution is 7.92. The zero-order valence-electron chi connectivity index (χ0n) is 23.2. The highest BCUT2D eigenvalue weighted by atomic mass is 32.2. The summed E-state index contributed by atoms with van der Waals surface area (Å²) in [5.41, 5.74) is 2.71. The molecule has 38 heavy (non-hydrogen) atoms. The number of nitrogens with zero attached hydrogens (tertiary/aromatic N) is 4. The van der Waals surface area contributed by atoms with E-state index in [9.17, 15) is 13.2 Å². The summed E-state index contributed by atoms with van der Waals surface area (Å²) in [5.74, 6) is 1.36. The number of carbonyl (C=O) groups excluding carboxylic acids is 1. The second-order valence-corrected chi connectivity index (χ2v) is 13.3. The van der Waals surface area contributed by atoms with Crippen LogP contribution in [0.5, 0.6) is 0 Å². The fourth-order valence-electron chi connectivity index (χ4n) is 4.75. The maximum Gasteiger partial charge on any atom is 0.264 e. The minimum Gasteiger partial charge on any atom is -0.381 e. The van der Waals surface area contributed by atoms with Gasteiger partial charge in [-0.25, -0.2) is 13.4 Å². The van der Waals surface area contributed by atoms with Crippen molar-refractivity contribution in [1.29, 1.82) is 0 Å². The van der Waals surface area contributed by atoms with Crippen molar-refractivity contribution in [2.24, 2.45) is 5.92 Å². The van der Waals surface area contributed by atoms with Crippen molar-refractivity contribution in [1.82, 2.24) is 14.5 Å². The quantitative estimate of drug-likeness (QED) is 0.462. The number of amides is 1. The molecule has 2 heterocycles. The number of likely N-dealkylation sites (N-methyl/N-ethyl adjacent to an activating group) is 1. The van der Waals surface area contributed by atoms with E-state index in [-0.39, 0.29) is 22.8 Å². The number of fused-ring (bicyclic) bond motifs is 1. The van der Waals surface area contributed by atoms with E-state index in [1.165, 1.54) is 16.4 Å². The lowest BCUT2D eigenvalue weighted by Crippen LogP contribution is -2.27. The minimum atomic E-state index is -3.82. The summed E-state index contributed by atoms with van der Waals surface area (Å²) < 4.78 is 36.0. The maximum absolute atomic E-state index is 13.4. The van der Waals surface area contributed by atoms with Gasteiger partial charge in [0, 0.05) is 37.9 Å². The Kier molecular flexibility index (Phi) is 8.15. The standard InChI is InChI=1S/C28H39N5O4S/c1-28(2,3)27-30-24-17-22(9-12-25(24)33(27)18-20-13-15-37-16-14-20)32(6)38(35,36)23-10-7-21(8-11-23)29-26(34)19-31(4)5/h7-12,17,20H,13-16,18-19H2,1-6H3,(H,29,34). The molecule has 0 atom stereocenters. The topological polar surface area (TPSA) is 96.8 Å². The molecule has 1 amide bonds. The van der Waals surface area contributed by atoms with E-state index in [1.807, 2.05) is 32.3 Å². The summed E-state index contributed by atoms with van der Waals surface area (Å²) >= 11 is 0. The SMILES string of the molecule is CN(C)CC(=O)Nc1ccc(S(=O)(=O)N(C)c2ccc3c(c2)nc(C(C)(C)C)n3CC2CCOCC2)cc1. The van der Waals surface area contributed by atoms with Gasteiger partial charge in [-0.15, -0.1) is 0 Å². The molecule has 10 heteroatoms. The lowest BCUT2D eigenvalue weighted by Gasteiger charge is -2.26. The smallest absolute Gasteiger partial charge is 0.264 e. The van der Waals surface area contributed by atoms with Crippen molar-refractivity contribution < 1.29 is 17.9 Å². The van der Waals surface area contributed by atoms with E-state index in [2.05, 4.69) is 30.7 Å². The van der Waals surface area contributed by atoms with E-state index in [4.69, 9.17) is 9.72 Å². The van der Waals surface area contributed by atoms with Crippen molar-refractivity contribution in [3.8, 4) is 0 Å². The zero-order valence-corrected chi connectivity index (χ0v) is 24.0. The fraction of sp³-hybridized carbons (Fsp3) is 0.500. The molecule has 3 aromatic rings. The molecule has 4 rings (SSSR count). The predicted octanol–water partition coefficient (Wildman–Crippen LogP) is 4.09. The molecule has 0 spiro atoms. The third-order valence-corrected chi connectivity index (χ3v) is 8.60. The van der Waals surface area contributed by atoms with E-state index in [1.54, 1.807) is 24.1 Å². The molecule has 9 nitrogen and oxygen atoms in total. The first-order chi connectivity index (χ1) is 17.9. The molecular weight excluding hydrogens is 502 g/mol. The van der Waals surface area contributed by atoms with Crippen LogP contribution >= 0.6 is 0 Å². The first kappa shape index (κ1) is 28.1. The van der Waals surface area contributed by atoms with Crippen molar-refractivity contribution in [2.45, 2.75) is 50.5 Å². The predicted molar refractivity (Wildman–Crippen MR) is 151 cm³/mol. The van der Waals surface area contributed by atoms with Crippen LogP contribution in [0.3, 0.4) is 0 Å². The van der Waals surface area contributed by atoms with Gasteiger partial charge in [-0.05, 0) is 75.3 Å². The number of nitrogens with one attached hydrogen (secondary N) is 1. The molecule has 1 saturated heterocycles. The van der Waals surface area contributed by atoms with Crippen LogP contribution in [0.1, 0.15) is 39.4 Å². The Labute approximate surface area is 225 Å². The Morgan fingerprint density at radius 1 is 1.08 bits per heavy atom. The number of ether oxygens (including phenoxy) is 1. The summed E-state index contributed by atoms with van der Waals surface area (Å²) in [6.07, 6.45) is 2.06. The van der Waals surface area contributed by atoms with Crippen LogP contribution in [0.4, 0.5) is 11.4 Å². The number of hydrogen-bond donors (Lipinski definition) is 1. The average Bonchev–Trinajstić information content (AvgIpc) is 3.22. The van der Waals surface area contributed by atoms with Crippen LogP contribution in [-0.2, 0) is 31.5 Å². The summed E-state index contributed by atoms with van der Waals surface area (Å²) in [5, 5.41) is 2.78. The number of sulfonamides is 1. The van der Waals surface area contributed by atoms with Crippen LogP contribution in [-0.4, -0.2) is 69.7 Å². The van der Waals surface area contributed by atoms with Gasteiger partial charge in [0.05, 0.1) is 28.2 Å². The molecule has 0 aliphatic carbocycles. The maximum atomic E-state index is 13.4. The molecule has 1 aliphatic rings. The minimum absolute atomic E-state index is 0.145. The van der Waals surface area contributed by atoms with Gasteiger partial charge in [-0.1, -0.05) is 20.8 Å². The second kappa shape index (κ2) is 11.0. The van der Waals surface area contributed by atoms with E-state index in [0.29, 0.717) is 17.3 Å². The van der Waals surface area contributed by atoms with Gasteiger partial charge in [0.15, 0.2) is 0 Å². The number of benzene rings is 2. The molecule has 0 unspecified atom stereocenters. The Morgan fingerprint density at radius 2 is 1.74 bits per heavy atom. The Balaban J connectivity index is 1.60. The number of hydrogen-bond acceptors (Lipinski definition) is 6. The molecule has 0 saturated carbocycles. The molecule has 1 N–H and O–H groups in total. The highest BCUT2D eigenvalue weighted by Gasteiger charge is 2.27. The molecule has 206 valence electrons. The number of rotatable bonds is 8. The second-order valence-electron chi connectivity index (χ2n) is 11.3. The number of imidazole rings is 1. The average molecular weight is 542 g/mol. The van der Waals surface area contributed by atoms with Crippen LogP contribution in [0.25, 0.3) is 11.0 Å². The monoisotopic (exact) mass is 541 g/mol. The third kappa shape index (κ3) is 6.19.